The van der Waals surface area contributed by atoms with Gasteiger partial charge in [0.15, 0.2) is 0 Å². The number of pyridine rings is 1. The SMILES string of the molecule is CC1(C)OB(c2ccc3c4c(c(-c5ccccc5)nc3c2)C=C(c2ccccc2)C(=N)C4=N)OC1(C)C. The molecule has 0 spiro atoms. The van der Waals surface area contributed by atoms with Gasteiger partial charge in [-0.15, -0.1) is 0 Å². The van der Waals surface area contributed by atoms with Gasteiger partial charge in [-0.05, 0) is 50.9 Å². The highest BCUT2D eigenvalue weighted by molar-refractivity contribution is 6.65. The molecule has 2 heterocycles. The van der Waals surface area contributed by atoms with Crippen molar-refractivity contribution in [3.05, 3.63) is 95.6 Å². The molecule has 0 amide bonds. The van der Waals surface area contributed by atoms with Gasteiger partial charge in [0.25, 0.3) is 0 Å². The van der Waals surface area contributed by atoms with Crippen molar-refractivity contribution in [1.29, 1.82) is 10.8 Å². The summed E-state index contributed by atoms with van der Waals surface area (Å²) in [5.41, 5.74) is 6.15. The van der Waals surface area contributed by atoms with Crippen molar-refractivity contribution < 1.29 is 9.31 Å². The molecule has 1 aliphatic heterocycles. The van der Waals surface area contributed by atoms with Gasteiger partial charge in [0.2, 0.25) is 0 Å². The van der Waals surface area contributed by atoms with Crippen molar-refractivity contribution in [2.45, 2.75) is 38.9 Å². The zero-order chi connectivity index (χ0) is 25.9. The van der Waals surface area contributed by atoms with Crippen LogP contribution in [0.25, 0.3) is 33.8 Å². The Balaban J connectivity index is 1.58. The predicted octanol–water partition coefficient (Wildman–Crippen LogP) is 6.14. The Morgan fingerprint density at radius 2 is 1.32 bits per heavy atom. The number of hydrogen-bond donors (Lipinski definition) is 2. The van der Waals surface area contributed by atoms with Crippen molar-refractivity contribution >= 4 is 46.6 Å². The molecular weight excluding hydrogens is 457 g/mol. The second kappa shape index (κ2) is 8.33. The van der Waals surface area contributed by atoms with Crippen LogP contribution < -0.4 is 5.46 Å². The third-order valence-electron chi connectivity index (χ3n) is 7.76. The Bertz CT molecular complexity index is 1590. The van der Waals surface area contributed by atoms with Gasteiger partial charge in [0, 0.05) is 27.6 Å². The fourth-order valence-corrected chi connectivity index (χ4v) is 4.97. The molecule has 1 fully saturated rings. The number of hydrogen-bond acceptors (Lipinski definition) is 5. The Morgan fingerprint density at radius 3 is 1.95 bits per heavy atom. The lowest BCUT2D eigenvalue weighted by Gasteiger charge is -2.32. The second-order valence-electron chi connectivity index (χ2n) is 10.7. The largest absolute Gasteiger partial charge is 0.494 e. The summed E-state index contributed by atoms with van der Waals surface area (Å²) in [6.45, 7) is 8.17. The topological polar surface area (TPSA) is 79.0 Å². The third-order valence-corrected chi connectivity index (χ3v) is 7.76. The standard InChI is InChI=1S/C31H28BN3O2/c1-30(2)31(3,4)37-32(36-30)21-15-16-22-25(17-21)35-29(20-13-9-6-10-14-20)24-18-23(19-11-7-5-8-12-19)27(33)28(34)26(22)24/h5-18,33-34H,1-4H3. The Kier molecular flexibility index (Phi) is 5.30. The summed E-state index contributed by atoms with van der Waals surface area (Å²) in [5, 5.41) is 18.8. The zero-order valence-corrected chi connectivity index (χ0v) is 21.4. The van der Waals surface area contributed by atoms with Crippen LogP contribution >= 0.6 is 0 Å². The van der Waals surface area contributed by atoms with Gasteiger partial charge in [-0.25, -0.2) is 4.98 Å². The Morgan fingerprint density at radius 1 is 0.730 bits per heavy atom. The van der Waals surface area contributed by atoms with Crippen LogP contribution in [0.3, 0.4) is 0 Å². The number of aromatic nitrogens is 1. The monoisotopic (exact) mass is 485 g/mol. The lowest BCUT2D eigenvalue weighted by atomic mass is 9.77. The van der Waals surface area contributed by atoms with Gasteiger partial charge in [0.1, 0.15) is 0 Å². The summed E-state index contributed by atoms with van der Waals surface area (Å²) < 4.78 is 12.6. The number of fused-ring (bicyclic) bond motifs is 3. The lowest BCUT2D eigenvalue weighted by Crippen LogP contribution is -2.41. The predicted molar refractivity (Wildman–Crippen MR) is 152 cm³/mol. The molecule has 182 valence electrons. The molecule has 0 unspecified atom stereocenters. The van der Waals surface area contributed by atoms with E-state index in [4.69, 9.17) is 25.1 Å². The minimum absolute atomic E-state index is 0.198. The van der Waals surface area contributed by atoms with E-state index < -0.39 is 18.3 Å². The third kappa shape index (κ3) is 3.76. The summed E-state index contributed by atoms with van der Waals surface area (Å²) in [5.74, 6) is 0. The minimum atomic E-state index is -0.505. The average Bonchev–Trinajstić information content (AvgIpc) is 3.12. The van der Waals surface area contributed by atoms with Crippen LogP contribution in [0.4, 0.5) is 0 Å². The van der Waals surface area contributed by atoms with Crippen molar-refractivity contribution in [2.24, 2.45) is 0 Å². The Hall–Kier alpha value is -3.87. The number of benzene rings is 3. The van der Waals surface area contributed by atoms with E-state index in [1.807, 2.05) is 113 Å². The maximum Gasteiger partial charge on any atom is 0.494 e. The molecule has 6 heteroatoms. The van der Waals surface area contributed by atoms with Crippen molar-refractivity contribution in [3.63, 3.8) is 0 Å². The van der Waals surface area contributed by atoms with E-state index in [1.54, 1.807) is 0 Å². The number of nitrogens with zero attached hydrogens (tertiary/aromatic N) is 1. The molecule has 5 nitrogen and oxygen atoms in total. The smallest absolute Gasteiger partial charge is 0.399 e. The summed E-state index contributed by atoms with van der Waals surface area (Å²) in [6, 6.07) is 25.8. The lowest BCUT2D eigenvalue weighted by molar-refractivity contribution is 0.00578. The molecule has 0 saturated carbocycles. The molecule has 0 bridgehead atoms. The van der Waals surface area contributed by atoms with E-state index in [-0.39, 0.29) is 11.4 Å². The number of nitrogens with one attached hydrogen (secondary N) is 2. The van der Waals surface area contributed by atoms with Crippen molar-refractivity contribution in [2.75, 3.05) is 0 Å². The first-order valence-corrected chi connectivity index (χ1v) is 12.5. The van der Waals surface area contributed by atoms with E-state index >= 15 is 0 Å². The highest BCUT2D eigenvalue weighted by Crippen LogP contribution is 2.39. The van der Waals surface area contributed by atoms with E-state index in [0.29, 0.717) is 0 Å². The summed E-state index contributed by atoms with van der Waals surface area (Å²) in [6.07, 6.45) is 2.02. The van der Waals surface area contributed by atoms with Crippen LogP contribution in [0, 0.1) is 10.8 Å². The highest BCUT2D eigenvalue weighted by atomic mass is 16.7. The number of rotatable bonds is 3. The maximum atomic E-state index is 9.08. The summed E-state index contributed by atoms with van der Waals surface area (Å²) >= 11 is 0. The van der Waals surface area contributed by atoms with Crippen LogP contribution in [0.1, 0.15) is 44.4 Å². The van der Waals surface area contributed by atoms with Gasteiger partial charge < -0.3 is 9.31 Å². The molecule has 2 N–H and O–H groups in total. The van der Waals surface area contributed by atoms with Crippen molar-refractivity contribution in [3.8, 4) is 11.3 Å². The van der Waals surface area contributed by atoms with Gasteiger partial charge >= 0.3 is 7.12 Å². The molecule has 1 saturated heterocycles. The van der Waals surface area contributed by atoms with Gasteiger partial charge in [0.05, 0.1) is 33.8 Å². The van der Waals surface area contributed by atoms with Crippen molar-refractivity contribution in [1.82, 2.24) is 4.98 Å². The quantitative estimate of drug-likeness (QED) is 0.342. The fraction of sp³-hybridized carbons (Fsp3) is 0.194. The van der Waals surface area contributed by atoms with Gasteiger partial charge in [-0.3, -0.25) is 10.8 Å². The molecule has 3 aromatic carbocycles. The van der Waals surface area contributed by atoms with Crippen LogP contribution in [-0.4, -0.2) is 34.7 Å². The van der Waals surface area contributed by atoms with E-state index in [9.17, 15) is 0 Å². The molecule has 0 radical (unpaired) electrons. The first-order valence-electron chi connectivity index (χ1n) is 12.5. The van der Waals surface area contributed by atoms with Crippen LogP contribution in [0.2, 0.25) is 0 Å². The molecule has 6 rings (SSSR count). The van der Waals surface area contributed by atoms with E-state index in [0.717, 1.165) is 49.9 Å². The molecular formula is C31H28BN3O2. The molecule has 37 heavy (non-hydrogen) atoms. The normalized spacial score (nSPS) is 18.2. The molecule has 1 aliphatic carbocycles. The first kappa shape index (κ1) is 23.5. The number of allylic oxidation sites excluding steroid dienone is 1. The molecule has 1 aromatic heterocycles. The first-order chi connectivity index (χ1) is 17.7. The zero-order valence-electron chi connectivity index (χ0n) is 21.4. The van der Waals surface area contributed by atoms with E-state index in [2.05, 4.69) is 0 Å². The van der Waals surface area contributed by atoms with Crippen LogP contribution in [-0.2, 0) is 9.31 Å². The molecule has 0 atom stereocenters. The van der Waals surface area contributed by atoms with Crippen LogP contribution in [0.15, 0.2) is 78.9 Å². The fourth-order valence-electron chi connectivity index (χ4n) is 4.97. The van der Waals surface area contributed by atoms with E-state index in [1.165, 1.54) is 0 Å². The Labute approximate surface area is 217 Å². The molecule has 4 aromatic rings. The second-order valence-corrected chi connectivity index (χ2v) is 10.7. The van der Waals surface area contributed by atoms with Crippen LogP contribution in [0.5, 0.6) is 0 Å². The highest BCUT2D eigenvalue weighted by Gasteiger charge is 2.51. The van der Waals surface area contributed by atoms with Gasteiger partial charge in [-0.1, -0.05) is 72.8 Å². The molecule has 2 aliphatic rings. The minimum Gasteiger partial charge on any atom is -0.399 e. The summed E-state index contributed by atoms with van der Waals surface area (Å²) in [7, 11) is -0.505. The maximum absolute atomic E-state index is 9.08. The van der Waals surface area contributed by atoms with Gasteiger partial charge in [-0.2, -0.15) is 0 Å². The summed E-state index contributed by atoms with van der Waals surface area (Å²) in [4.78, 5) is 5.13. The average molecular weight is 485 g/mol.